The van der Waals surface area contributed by atoms with Crippen LogP contribution in [-0.4, -0.2) is 6.88 Å². The second kappa shape index (κ2) is 11.4. The SMILES string of the molecule is CC1=CC[C-]=C1.[CH3-].[CH3-].[Si]=[Zr].c1ccc2c(c1)[cH-]c1ccccc12. The average Bonchev–Trinajstić information content (AvgIpc) is 3.16. The molecule has 0 saturated heterocycles. The van der Waals surface area contributed by atoms with E-state index in [1.807, 2.05) is 6.08 Å². The molecule has 3 aromatic rings. The summed E-state index contributed by atoms with van der Waals surface area (Å²) in [4.78, 5) is 0. The molecule has 2 heteroatoms. The average molecular weight is 394 g/mol. The predicted molar refractivity (Wildman–Crippen MR) is 102 cm³/mol. The molecule has 1 aliphatic rings. The minimum absolute atomic E-state index is 0. The third-order valence-corrected chi connectivity index (χ3v) is 3.39. The summed E-state index contributed by atoms with van der Waals surface area (Å²) in [5.41, 5.74) is 1.34. The van der Waals surface area contributed by atoms with Crippen molar-refractivity contribution in [2.75, 3.05) is 0 Å². The molecule has 0 bridgehead atoms. The zero-order valence-electron chi connectivity index (χ0n) is 14.1. The van der Waals surface area contributed by atoms with E-state index in [0.717, 1.165) is 6.42 Å². The van der Waals surface area contributed by atoms with Crippen LogP contribution in [0.4, 0.5) is 0 Å². The minimum atomic E-state index is 0. The Bertz CT molecular complexity index is 727. The fourth-order valence-electron chi connectivity index (χ4n) is 2.40. The zero-order chi connectivity index (χ0) is 15.1. The van der Waals surface area contributed by atoms with Crippen LogP contribution >= 0.6 is 0 Å². The van der Waals surface area contributed by atoms with Crippen molar-refractivity contribution in [3.8, 4) is 0 Å². The maximum absolute atomic E-state index is 3.06. The summed E-state index contributed by atoms with van der Waals surface area (Å²) in [6.45, 7) is 5.15. The van der Waals surface area contributed by atoms with Crippen molar-refractivity contribution in [1.29, 1.82) is 0 Å². The van der Waals surface area contributed by atoms with Gasteiger partial charge in [-0.1, -0.05) is 36.4 Å². The van der Waals surface area contributed by atoms with Gasteiger partial charge >= 0.3 is 30.2 Å². The van der Waals surface area contributed by atoms with Crippen LogP contribution < -0.4 is 0 Å². The third kappa shape index (κ3) is 5.79. The fourth-order valence-corrected chi connectivity index (χ4v) is 2.40. The van der Waals surface area contributed by atoms with E-state index in [1.54, 1.807) is 0 Å². The number of rotatable bonds is 0. The smallest absolute Gasteiger partial charge is 0.0771 e. The Hall–Kier alpha value is -1.11. The Labute approximate surface area is 157 Å². The number of hydrogen-bond acceptors (Lipinski definition) is 0. The first-order valence-electron chi connectivity index (χ1n) is 6.86. The van der Waals surface area contributed by atoms with E-state index < -0.39 is 0 Å². The van der Waals surface area contributed by atoms with Crippen molar-refractivity contribution in [3.63, 3.8) is 0 Å². The van der Waals surface area contributed by atoms with E-state index in [9.17, 15) is 0 Å². The maximum atomic E-state index is 3.06. The molecule has 23 heavy (non-hydrogen) atoms. The first-order chi connectivity index (χ1) is 10.3. The van der Waals surface area contributed by atoms with Crippen LogP contribution in [0.2, 0.25) is 0 Å². The van der Waals surface area contributed by atoms with Gasteiger partial charge in [0.15, 0.2) is 0 Å². The summed E-state index contributed by atoms with van der Waals surface area (Å²) >= 11 is 1.36. The van der Waals surface area contributed by atoms with Gasteiger partial charge in [-0.05, 0) is 0 Å². The van der Waals surface area contributed by atoms with Gasteiger partial charge in [-0.3, -0.25) is 6.08 Å². The summed E-state index contributed by atoms with van der Waals surface area (Å²) in [7, 11) is 0. The first kappa shape index (κ1) is 21.9. The summed E-state index contributed by atoms with van der Waals surface area (Å²) < 4.78 is 0. The fraction of sp³-hybridized carbons (Fsp3) is 0.0952. The van der Waals surface area contributed by atoms with Gasteiger partial charge in [-0.2, -0.15) is 6.08 Å². The second-order valence-electron chi connectivity index (χ2n) is 4.82. The Balaban J connectivity index is 0.000000418. The Morgan fingerprint density at radius 1 is 0.913 bits per heavy atom. The maximum Gasteiger partial charge on any atom is -0.0771 e. The number of fused-ring (bicyclic) bond motifs is 3. The molecule has 118 valence electrons. The van der Waals surface area contributed by atoms with Gasteiger partial charge in [0.25, 0.3) is 0 Å². The van der Waals surface area contributed by atoms with Crippen LogP contribution in [-0.2, 0) is 23.3 Å². The Morgan fingerprint density at radius 3 is 1.74 bits per heavy atom. The normalized spacial score (nSPS) is 11.2. The minimum Gasteiger partial charge on any atom is -0.126 e. The molecule has 0 aliphatic heterocycles. The molecule has 0 N–H and O–H groups in total. The summed E-state index contributed by atoms with van der Waals surface area (Å²) in [5.74, 6) is 0. The van der Waals surface area contributed by atoms with E-state index >= 15 is 0 Å². The van der Waals surface area contributed by atoms with Gasteiger partial charge in [0, 0.05) is 0 Å². The molecule has 0 unspecified atom stereocenters. The van der Waals surface area contributed by atoms with Crippen molar-refractivity contribution in [1.82, 2.24) is 0 Å². The largest absolute Gasteiger partial charge is 0.126 e. The molecule has 0 amide bonds. The van der Waals surface area contributed by atoms with Gasteiger partial charge < -0.3 is 14.9 Å². The van der Waals surface area contributed by atoms with E-state index in [4.69, 9.17) is 0 Å². The monoisotopic (exact) mass is 392 g/mol. The Kier molecular flexibility index (Phi) is 10.9. The standard InChI is InChI=1S/C13H9.C6H7.2CH3.Si.Zr/c1-3-7-12-10(5-1)9-11-6-2-4-8-13(11)12;1-6-4-2-3-5-6;;;;/h1-9H;4-5H,2H2,1H3;2*1H3;;/q4*-1;;. The van der Waals surface area contributed by atoms with E-state index in [-0.39, 0.29) is 14.9 Å². The topological polar surface area (TPSA) is 0 Å². The van der Waals surface area contributed by atoms with Crippen molar-refractivity contribution in [2.45, 2.75) is 13.3 Å². The van der Waals surface area contributed by atoms with Crippen molar-refractivity contribution >= 4 is 28.4 Å². The van der Waals surface area contributed by atoms with Gasteiger partial charge in [-0.15, -0.1) is 53.1 Å². The third-order valence-electron chi connectivity index (χ3n) is 3.39. The van der Waals surface area contributed by atoms with Crippen molar-refractivity contribution in [2.24, 2.45) is 0 Å². The molecule has 4 rings (SSSR count). The van der Waals surface area contributed by atoms with Crippen LogP contribution in [0.25, 0.3) is 21.5 Å². The summed E-state index contributed by atoms with van der Waals surface area (Å²) in [6.07, 6.45) is 8.24. The molecule has 2 radical (unpaired) electrons. The first-order valence-corrected chi connectivity index (χ1v) is 11.0. The molecule has 0 aromatic heterocycles. The van der Waals surface area contributed by atoms with Crippen molar-refractivity contribution in [3.05, 3.63) is 93.3 Å². The van der Waals surface area contributed by atoms with Gasteiger partial charge in [-0.25, -0.2) is 11.6 Å². The molecule has 0 nitrogen and oxygen atoms in total. The second-order valence-corrected chi connectivity index (χ2v) is 4.82. The molecule has 0 atom stereocenters. The van der Waals surface area contributed by atoms with Gasteiger partial charge in [0.1, 0.15) is 0 Å². The number of hydrogen-bond donors (Lipinski definition) is 0. The van der Waals surface area contributed by atoms with Crippen LogP contribution in [0.1, 0.15) is 13.3 Å². The molecule has 0 fully saturated rings. The van der Waals surface area contributed by atoms with Gasteiger partial charge in [0.2, 0.25) is 0 Å². The Morgan fingerprint density at radius 2 is 1.39 bits per heavy atom. The molecule has 0 spiro atoms. The quantitative estimate of drug-likeness (QED) is 0.328. The van der Waals surface area contributed by atoms with Crippen LogP contribution in [0, 0.1) is 20.9 Å². The van der Waals surface area contributed by atoms with E-state index in [2.05, 4.69) is 80.6 Å². The molecule has 3 aromatic carbocycles. The molecule has 0 heterocycles. The molecular formula is C21H22SiZr-4. The number of benzene rings is 2. The van der Waals surface area contributed by atoms with Crippen LogP contribution in [0.15, 0.2) is 72.3 Å². The molecule has 1 aliphatic carbocycles. The van der Waals surface area contributed by atoms with Crippen LogP contribution in [0.5, 0.6) is 0 Å². The zero-order valence-corrected chi connectivity index (χ0v) is 17.5. The van der Waals surface area contributed by atoms with Crippen LogP contribution in [0.3, 0.4) is 0 Å². The van der Waals surface area contributed by atoms with E-state index in [0.29, 0.717) is 0 Å². The number of allylic oxidation sites excluding steroid dienone is 4. The summed E-state index contributed by atoms with van der Waals surface area (Å²) in [6, 6.07) is 19.3. The van der Waals surface area contributed by atoms with Gasteiger partial charge in [0.05, 0.1) is 0 Å². The van der Waals surface area contributed by atoms with E-state index in [1.165, 1.54) is 50.5 Å². The predicted octanol–water partition coefficient (Wildman–Crippen LogP) is 5.92. The van der Waals surface area contributed by atoms with Crippen molar-refractivity contribution < 1.29 is 23.3 Å². The summed E-state index contributed by atoms with van der Waals surface area (Å²) in [5, 5.41) is 5.39. The molecule has 0 saturated carbocycles. The molecular weight excluding hydrogens is 372 g/mol.